The molecular weight excluding hydrogens is 224 g/mol. The van der Waals surface area contributed by atoms with E-state index in [1.54, 1.807) is 0 Å². The predicted molar refractivity (Wildman–Crippen MR) is 61.9 cm³/mol. The number of hydrogen-bond acceptors (Lipinski definition) is 2. The lowest BCUT2D eigenvalue weighted by molar-refractivity contribution is -0.136. The number of aliphatic hydroxyl groups excluding tert-OH is 1. The van der Waals surface area contributed by atoms with Crippen molar-refractivity contribution in [2.45, 2.75) is 43.9 Å². The Morgan fingerprint density at radius 1 is 1.29 bits per heavy atom. The molecule has 2 nitrogen and oxygen atoms in total. The summed E-state index contributed by atoms with van der Waals surface area (Å²) in [6, 6.07) is 9.78. The molecular formula is C13H17F2NO. The maximum Gasteiger partial charge on any atom is 0.273 e. The molecule has 2 N–H and O–H groups in total. The first-order valence-corrected chi connectivity index (χ1v) is 5.91. The average Bonchev–Trinajstić information content (AvgIpc) is 2.32. The second kappa shape index (κ2) is 5.10. The zero-order valence-corrected chi connectivity index (χ0v) is 9.57. The third-order valence-corrected chi connectivity index (χ3v) is 3.26. The van der Waals surface area contributed by atoms with E-state index >= 15 is 0 Å². The summed E-state index contributed by atoms with van der Waals surface area (Å²) in [6.45, 7) is 0.657. The standard InChI is InChI=1S/C13H17F2NO/c14-13(15)7-6-11(8-12(13)17)16-9-10-4-2-1-3-5-10/h1-5,11-12,16-17H,6-9H2. The molecule has 0 heterocycles. The summed E-state index contributed by atoms with van der Waals surface area (Å²) in [5, 5.41) is 12.5. The number of aliphatic hydroxyl groups is 1. The van der Waals surface area contributed by atoms with Crippen molar-refractivity contribution in [3.63, 3.8) is 0 Å². The lowest BCUT2D eigenvalue weighted by Gasteiger charge is -2.33. The van der Waals surface area contributed by atoms with Crippen LogP contribution in [0.4, 0.5) is 8.78 Å². The van der Waals surface area contributed by atoms with E-state index in [-0.39, 0.29) is 18.9 Å². The van der Waals surface area contributed by atoms with Gasteiger partial charge in [-0.1, -0.05) is 30.3 Å². The molecule has 0 aliphatic heterocycles. The number of alkyl halides is 2. The SMILES string of the molecule is OC1CC(NCc2ccccc2)CCC1(F)F. The lowest BCUT2D eigenvalue weighted by Crippen LogP contribution is -2.46. The number of hydrogen-bond donors (Lipinski definition) is 2. The van der Waals surface area contributed by atoms with Crippen molar-refractivity contribution < 1.29 is 13.9 Å². The largest absolute Gasteiger partial charge is 0.387 e. The van der Waals surface area contributed by atoms with Crippen molar-refractivity contribution in [3.8, 4) is 0 Å². The summed E-state index contributed by atoms with van der Waals surface area (Å²) in [6.07, 6.45) is -1.21. The third-order valence-electron chi connectivity index (χ3n) is 3.26. The Morgan fingerprint density at radius 2 is 2.00 bits per heavy atom. The zero-order chi connectivity index (χ0) is 12.3. The van der Waals surface area contributed by atoms with Crippen molar-refractivity contribution >= 4 is 0 Å². The van der Waals surface area contributed by atoms with Crippen molar-refractivity contribution in [2.75, 3.05) is 0 Å². The molecule has 1 aliphatic rings. The summed E-state index contributed by atoms with van der Waals surface area (Å²) in [5.41, 5.74) is 1.12. The van der Waals surface area contributed by atoms with Crippen LogP contribution in [0.1, 0.15) is 24.8 Å². The van der Waals surface area contributed by atoms with Crippen LogP contribution < -0.4 is 5.32 Å². The molecule has 0 bridgehead atoms. The molecule has 94 valence electrons. The van der Waals surface area contributed by atoms with E-state index in [9.17, 15) is 13.9 Å². The molecule has 2 rings (SSSR count). The second-order valence-electron chi connectivity index (χ2n) is 4.61. The smallest absolute Gasteiger partial charge is 0.273 e. The summed E-state index contributed by atoms with van der Waals surface area (Å²) in [5.74, 6) is -2.91. The van der Waals surface area contributed by atoms with Crippen LogP contribution in [0.3, 0.4) is 0 Å². The van der Waals surface area contributed by atoms with Gasteiger partial charge in [0.05, 0.1) is 0 Å². The van der Waals surface area contributed by atoms with E-state index in [4.69, 9.17) is 0 Å². The van der Waals surface area contributed by atoms with Crippen LogP contribution in [-0.2, 0) is 6.54 Å². The quantitative estimate of drug-likeness (QED) is 0.851. The minimum Gasteiger partial charge on any atom is -0.387 e. The fraction of sp³-hybridized carbons (Fsp3) is 0.538. The van der Waals surface area contributed by atoms with Gasteiger partial charge in [-0.2, -0.15) is 0 Å². The van der Waals surface area contributed by atoms with Crippen molar-refractivity contribution in [1.82, 2.24) is 5.32 Å². The molecule has 1 fully saturated rings. The molecule has 4 heteroatoms. The van der Waals surface area contributed by atoms with E-state index in [0.29, 0.717) is 13.0 Å². The van der Waals surface area contributed by atoms with Gasteiger partial charge in [-0.3, -0.25) is 0 Å². The van der Waals surface area contributed by atoms with Crippen LogP contribution in [0, 0.1) is 0 Å². The first-order chi connectivity index (χ1) is 8.08. The number of rotatable bonds is 3. The highest BCUT2D eigenvalue weighted by atomic mass is 19.3. The van der Waals surface area contributed by atoms with E-state index in [2.05, 4.69) is 5.32 Å². The molecule has 1 aliphatic carbocycles. The van der Waals surface area contributed by atoms with Crippen LogP contribution in [0.5, 0.6) is 0 Å². The van der Waals surface area contributed by atoms with Gasteiger partial charge in [0.2, 0.25) is 0 Å². The normalized spacial score (nSPS) is 27.9. The van der Waals surface area contributed by atoms with Crippen LogP contribution in [0.15, 0.2) is 30.3 Å². The van der Waals surface area contributed by atoms with Gasteiger partial charge >= 0.3 is 0 Å². The fourth-order valence-corrected chi connectivity index (χ4v) is 2.14. The highest BCUT2D eigenvalue weighted by molar-refractivity contribution is 5.14. The average molecular weight is 241 g/mol. The van der Waals surface area contributed by atoms with Crippen LogP contribution in [0.25, 0.3) is 0 Å². The zero-order valence-electron chi connectivity index (χ0n) is 9.57. The monoisotopic (exact) mass is 241 g/mol. The first kappa shape index (κ1) is 12.5. The Bertz CT molecular complexity index is 356. The number of benzene rings is 1. The molecule has 17 heavy (non-hydrogen) atoms. The molecule has 0 spiro atoms. The topological polar surface area (TPSA) is 32.3 Å². The van der Waals surface area contributed by atoms with Gasteiger partial charge in [0.15, 0.2) is 0 Å². The van der Waals surface area contributed by atoms with Crippen LogP contribution in [0.2, 0.25) is 0 Å². The Kier molecular flexibility index (Phi) is 3.74. The van der Waals surface area contributed by atoms with Gasteiger partial charge in [-0.25, -0.2) is 8.78 Å². The van der Waals surface area contributed by atoms with Gasteiger partial charge in [0.25, 0.3) is 5.92 Å². The minimum atomic E-state index is -2.91. The summed E-state index contributed by atoms with van der Waals surface area (Å²) < 4.78 is 26.1. The van der Waals surface area contributed by atoms with Crippen molar-refractivity contribution in [3.05, 3.63) is 35.9 Å². The van der Waals surface area contributed by atoms with E-state index in [1.165, 1.54) is 0 Å². The van der Waals surface area contributed by atoms with Crippen molar-refractivity contribution in [2.24, 2.45) is 0 Å². The van der Waals surface area contributed by atoms with Crippen LogP contribution in [-0.4, -0.2) is 23.2 Å². The maximum absolute atomic E-state index is 13.1. The highest BCUT2D eigenvalue weighted by Crippen LogP contribution is 2.33. The predicted octanol–water partition coefficient (Wildman–Crippen LogP) is 2.32. The Hall–Kier alpha value is -1.00. The molecule has 2 atom stereocenters. The third kappa shape index (κ3) is 3.23. The molecule has 0 amide bonds. The second-order valence-corrected chi connectivity index (χ2v) is 4.61. The number of halogens is 2. The van der Waals surface area contributed by atoms with Gasteiger partial charge < -0.3 is 10.4 Å². The van der Waals surface area contributed by atoms with E-state index in [0.717, 1.165) is 5.56 Å². The van der Waals surface area contributed by atoms with Crippen LogP contribution >= 0.6 is 0 Å². The van der Waals surface area contributed by atoms with Gasteiger partial charge in [0.1, 0.15) is 6.10 Å². The summed E-state index contributed by atoms with van der Waals surface area (Å²) in [4.78, 5) is 0. The number of nitrogens with one attached hydrogen (secondary N) is 1. The summed E-state index contributed by atoms with van der Waals surface area (Å²) in [7, 11) is 0. The Balaban J connectivity index is 1.82. The molecule has 0 aromatic heterocycles. The minimum absolute atomic E-state index is 0.0233. The Labute approximate surface area is 99.7 Å². The first-order valence-electron chi connectivity index (χ1n) is 5.91. The lowest BCUT2D eigenvalue weighted by atomic mass is 9.89. The Morgan fingerprint density at radius 3 is 2.65 bits per heavy atom. The van der Waals surface area contributed by atoms with Gasteiger partial charge in [-0.05, 0) is 18.4 Å². The molecule has 1 aromatic rings. The molecule has 2 unspecified atom stereocenters. The fourth-order valence-electron chi connectivity index (χ4n) is 2.14. The van der Waals surface area contributed by atoms with E-state index in [1.807, 2.05) is 30.3 Å². The van der Waals surface area contributed by atoms with Gasteiger partial charge in [0, 0.05) is 19.0 Å². The van der Waals surface area contributed by atoms with E-state index < -0.39 is 12.0 Å². The summed E-state index contributed by atoms with van der Waals surface area (Å²) >= 11 is 0. The molecule has 0 saturated heterocycles. The highest BCUT2D eigenvalue weighted by Gasteiger charge is 2.43. The molecule has 1 aromatic carbocycles. The maximum atomic E-state index is 13.1. The van der Waals surface area contributed by atoms with Gasteiger partial charge in [-0.15, -0.1) is 0 Å². The molecule has 0 radical (unpaired) electrons. The van der Waals surface area contributed by atoms with Crippen molar-refractivity contribution in [1.29, 1.82) is 0 Å². The molecule has 1 saturated carbocycles.